The molecule has 0 unspecified atom stereocenters. The molecular formula is C8H11F2N3O2. The highest BCUT2D eigenvalue weighted by Gasteiger charge is 2.26. The number of hydrogen-bond donors (Lipinski definition) is 1. The number of aromatic nitrogens is 2. The second kappa shape index (κ2) is 4.19. The molecule has 0 aliphatic carbocycles. The van der Waals surface area contributed by atoms with E-state index in [1.807, 2.05) is 0 Å². The molecule has 1 fully saturated rings. The Kier molecular flexibility index (Phi) is 2.92. The predicted octanol–water partition coefficient (Wildman–Crippen LogP) is 1.19. The third kappa shape index (κ3) is 2.29. The van der Waals surface area contributed by atoms with Crippen molar-refractivity contribution < 1.29 is 17.9 Å². The van der Waals surface area contributed by atoms with Crippen LogP contribution >= 0.6 is 0 Å². The topological polar surface area (TPSA) is 74.2 Å². The van der Waals surface area contributed by atoms with E-state index in [9.17, 15) is 8.78 Å². The van der Waals surface area contributed by atoms with E-state index in [4.69, 9.17) is 14.9 Å². The summed E-state index contributed by atoms with van der Waals surface area (Å²) in [6.45, 7) is 0.386. The van der Waals surface area contributed by atoms with Crippen LogP contribution in [0.1, 0.15) is 37.2 Å². The van der Waals surface area contributed by atoms with Crippen LogP contribution in [0.15, 0.2) is 4.42 Å². The zero-order valence-electron chi connectivity index (χ0n) is 7.90. The van der Waals surface area contributed by atoms with Gasteiger partial charge in [0.2, 0.25) is 5.89 Å². The molecule has 0 amide bonds. The molecule has 1 aromatic heterocycles. The Hall–Kier alpha value is -1.08. The Morgan fingerprint density at radius 1 is 1.33 bits per heavy atom. The lowest BCUT2D eigenvalue weighted by Crippen LogP contribution is -2.32. The summed E-state index contributed by atoms with van der Waals surface area (Å²) in [5.74, 6) is -0.555. The van der Waals surface area contributed by atoms with Gasteiger partial charge < -0.3 is 14.9 Å². The van der Waals surface area contributed by atoms with Crippen molar-refractivity contribution in [2.45, 2.75) is 31.4 Å². The molecule has 15 heavy (non-hydrogen) atoms. The van der Waals surface area contributed by atoms with Crippen LogP contribution in [0.5, 0.6) is 0 Å². The van der Waals surface area contributed by atoms with Gasteiger partial charge in [0.05, 0.1) is 6.61 Å². The van der Waals surface area contributed by atoms with Crippen molar-refractivity contribution in [3.05, 3.63) is 11.8 Å². The average molecular weight is 219 g/mol. The highest BCUT2D eigenvalue weighted by Crippen LogP contribution is 2.28. The van der Waals surface area contributed by atoms with Gasteiger partial charge in [-0.05, 0) is 12.8 Å². The zero-order valence-corrected chi connectivity index (χ0v) is 7.90. The number of rotatable bonds is 2. The van der Waals surface area contributed by atoms with E-state index < -0.39 is 18.4 Å². The minimum atomic E-state index is -2.74. The SMILES string of the molecule is N[C@H]1CC[C@H](c2nnc(C(F)F)o2)OC1. The van der Waals surface area contributed by atoms with Crippen molar-refractivity contribution in [1.29, 1.82) is 0 Å². The lowest BCUT2D eigenvalue weighted by Gasteiger charge is -2.23. The second-order valence-electron chi connectivity index (χ2n) is 3.44. The molecule has 0 saturated carbocycles. The molecule has 1 saturated heterocycles. The van der Waals surface area contributed by atoms with Crippen LogP contribution in [0.2, 0.25) is 0 Å². The van der Waals surface area contributed by atoms with Gasteiger partial charge in [-0.3, -0.25) is 0 Å². The molecule has 0 radical (unpaired) electrons. The Morgan fingerprint density at radius 2 is 2.13 bits per heavy atom. The van der Waals surface area contributed by atoms with Crippen LogP contribution in [0.25, 0.3) is 0 Å². The number of alkyl halides is 2. The molecule has 2 heterocycles. The van der Waals surface area contributed by atoms with Crippen molar-refractivity contribution in [3.63, 3.8) is 0 Å². The van der Waals surface area contributed by atoms with Gasteiger partial charge in [0.1, 0.15) is 6.10 Å². The number of halogens is 2. The first-order valence-corrected chi connectivity index (χ1v) is 4.65. The Labute approximate surface area is 84.6 Å². The molecule has 0 spiro atoms. The summed E-state index contributed by atoms with van der Waals surface area (Å²) < 4.78 is 34.4. The quantitative estimate of drug-likeness (QED) is 0.808. The molecule has 2 atom stereocenters. The van der Waals surface area contributed by atoms with Gasteiger partial charge in [-0.15, -0.1) is 10.2 Å². The first-order chi connectivity index (χ1) is 7.16. The molecule has 1 aromatic rings. The van der Waals surface area contributed by atoms with E-state index in [1.165, 1.54) is 0 Å². The van der Waals surface area contributed by atoms with E-state index in [0.29, 0.717) is 13.0 Å². The summed E-state index contributed by atoms with van der Waals surface area (Å²) in [5.41, 5.74) is 5.62. The molecule has 2 N–H and O–H groups in total. The number of nitrogens with two attached hydrogens (primary N) is 1. The van der Waals surface area contributed by atoms with Gasteiger partial charge >= 0.3 is 6.43 Å². The smallest absolute Gasteiger partial charge is 0.314 e. The van der Waals surface area contributed by atoms with E-state index in [2.05, 4.69) is 10.2 Å². The van der Waals surface area contributed by atoms with Gasteiger partial charge in [0, 0.05) is 6.04 Å². The lowest BCUT2D eigenvalue weighted by atomic mass is 10.1. The van der Waals surface area contributed by atoms with Crippen LogP contribution in [-0.2, 0) is 4.74 Å². The summed E-state index contributed by atoms with van der Waals surface area (Å²) in [6.07, 6.45) is -1.76. The van der Waals surface area contributed by atoms with E-state index in [1.54, 1.807) is 0 Å². The van der Waals surface area contributed by atoms with E-state index in [0.717, 1.165) is 6.42 Å². The van der Waals surface area contributed by atoms with Crippen molar-refractivity contribution in [2.75, 3.05) is 6.61 Å². The first kappa shape index (κ1) is 10.4. The van der Waals surface area contributed by atoms with Crippen LogP contribution in [0, 0.1) is 0 Å². The Morgan fingerprint density at radius 3 is 2.67 bits per heavy atom. The maximum absolute atomic E-state index is 12.2. The summed E-state index contributed by atoms with van der Waals surface area (Å²) in [6, 6.07) is -0.00117. The normalized spacial score (nSPS) is 27.2. The molecule has 0 bridgehead atoms. The molecule has 1 aliphatic rings. The number of ether oxygens (including phenoxy) is 1. The van der Waals surface area contributed by atoms with Gasteiger partial charge in [-0.1, -0.05) is 0 Å². The first-order valence-electron chi connectivity index (χ1n) is 4.65. The van der Waals surface area contributed by atoms with Gasteiger partial charge in [0.15, 0.2) is 0 Å². The fourth-order valence-corrected chi connectivity index (χ4v) is 1.43. The fraction of sp³-hybridized carbons (Fsp3) is 0.750. The van der Waals surface area contributed by atoms with Gasteiger partial charge in [-0.2, -0.15) is 8.78 Å². The maximum atomic E-state index is 12.2. The molecular weight excluding hydrogens is 208 g/mol. The van der Waals surface area contributed by atoms with Crippen molar-refractivity contribution in [2.24, 2.45) is 5.73 Å². The summed E-state index contributed by atoms with van der Waals surface area (Å²) in [5, 5.41) is 6.76. The maximum Gasteiger partial charge on any atom is 0.314 e. The minimum absolute atomic E-state index is 0.00117. The summed E-state index contributed by atoms with van der Waals surface area (Å²) in [7, 11) is 0. The standard InChI is InChI=1S/C8H11F2N3O2/c9-6(10)8-13-12-7(15-8)5-2-1-4(11)3-14-5/h4-6H,1-3,11H2/t4-,5+/m0/s1. The van der Waals surface area contributed by atoms with Crippen LogP contribution in [-0.4, -0.2) is 22.8 Å². The lowest BCUT2D eigenvalue weighted by molar-refractivity contribution is -0.0138. The second-order valence-corrected chi connectivity index (χ2v) is 3.44. The molecule has 2 rings (SSSR count). The number of nitrogens with zero attached hydrogens (tertiary/aromatic N) is 2. The Bertz CT molecular complexity index is 323. The Balaban J connectivity index is 2.03. The highest BCUT2D eigenvalue weighted by molar-refractivity contribution is 4.90. The van der Waals surface area contributed by atoms with Crippen molar-refractivity contribution >= 4 is 0 Å². The minimum Gasteiger partial charge on any atom is -0.417 e. The van der Waals surface area contributed by atoms with E-state index in [-0.39, 0.29) is 11.9 Å². The molecule has 7 heteroatoms. The zero-order chi connectivity index (χ0) is 10.8. The molecule has 1 aliphatic heterocycles. The van der Waals surface area contributed by atoms with Crippen molar-refractivity contribution in [1.82, 2.24) is 10.2 Å². The van der Waals surface area contributed by atoms with E-state index >= 15 is 0 Å². The van der Waals surface area contributed by atoms with Gasteiger partial charge in [-0.25, -0.2) is 0 Å². The summed E-state index contributed by atoms with van der Waals surface area (Å²) in [4.78, 5) is 0. The number of hydrogen-bond acceptors (Lipinski definition) is 5. The van der Waals surface area contributed by atoms with Gasteiger partial charge in [0.25, 0.3) is 5.89 Å². The third-order valence-corrected chi connectivity index (χ3v) is 2.23. The average Bonchev–Trinajstić information content (AvgIpc) is 2.68. The third-order valence-electron chi connectivity index (χ3n) is 2.23. The van der Waals surface area contributed by atoms with Crippen LogP contribution in [0.3, 0.4) is 0 Å². The fourth-order valence-electron chi connectivity index (χ4n) is 1.43. The monoisotopic (exact) mass is 219 g/mol. The summed E-state index contributed by atoms with van der Waals surface area (Å²) >= 11 is 0. The molecule has 84 valence electrons. The largest absolute Gasteiger partial charge is 0.417 e. The van der Waals surface area contributed by atoms with Crippen molar-refractivity contribution in [3.8, 4) is 0 Å². The van der Waals surface area contributed by atoms with Crippen LogP contribution in [0.4, 0.5) is 8.78 Å². The van der Waals surface area contributed by atoms with Crippen LogP contribution < -0.4 is 5.73 Å². The molecule has 0 aromatic carbocycles. The predicted molar refractivity (Wildman–Crippen MR) is 45.2 cm³/mol. The molecule has 5 nitrogen and oxygen atoms in total. The highest BCUT2D eigenvalue weighted by atomic mass is 19.3.